The molecule has 0 saturated carbocycles. The first-order valence-electron chi connectivity index (χ1n) is 7.01. The molecule has 1 heterocycles. The Hall–Kier alpha value is -2.21. The number of nitrogens with one attached hydrogen (secondary N) is 1. The summed E-state index contributed by atoms with van der Waals surface area (Å²) in [7, 11) is 0. The first-order valence-corrected chi connectivity index (χ1v) is 7.89. The molecular formula is C16H18N2O3S. The summed E-state index contributed by atoms with van der Waals surface area (Å²) in [4.78, 5) is 27.2. The summed E-state index contributed by atoms with van der Waals surface area (Å²) >= 11 is 1.57. The summed E-state index contributed by atoms with van der Waals surface area (Å²) in [6, 6.07) is 7.09. The lowest BCUT2D eigenvalue weighted by atomic mass is 10.1. The third-order valence-corrected chi connectivity index (χ3v) is 3.98. The van der Waals surface area contributed by atoms with Crippen LogP contribution in [0.2, 0.25) is 0 Å². The second-order valence-electron chi connectivity index (χ2n) is 5.14. The van der Waals surface area contributed by atoms with Crippen molar-refractivity contribution in [2.24, 2.45) is 0 Å². The van der Waals surface area contributed by atoms with Crippen LogP contribution in [0.25, 0.3) is 11.3 Å². The molecule has 0 saturated heterocycles. The third-order valence-electron chi connectivity index (χ3n) is 3.21. The monoisotopic (exact) mass is 318 g/mol. The molecule has 0 aliphatic rings. The van der Waals surface area contributed by atoms with Gasteiger partial charge >= 0.3 is 5.97 Å². The molecule has 0 radical (unpaired) electrons. The maximum Gasteiger partial charge on any atom is 0.303 e. The molecule has 2 N–H and O–H groups in total. The first-order chi connectivity index (χ1) is 10.5. The number of nitrogens with zero attached hydrogens (tertiary/aromatic N) is 1. The second-order valence-corrected chi connectivity index (χ2v) is 6.20. The average molecular weight is 318 g/mol. The van der Waals surface area contributed by atoms with E-state index >= 15 is 0 Å². The highest BCUT2D eigenvalue weighted by Crippen LogP contribution is 2.22. The highest BCUT2D eigenvalue weighted by Gasteiger charge is 2.12. The van der Waals surface area contributed by atoms with Gasteiger partial charge in [0.2, 0.25) is 0 Å². The van der Waals surface area contributed by atoms with Crippen LogP contribution in [0.5, 0.6) is 0 Å². The third kappa shape index (κ3) is 4.39. The van der Waals surface area contributed by atoms with Gasteiger partial charge in [0.1, 0.15) is 0 Å². The van der Waals surface area contributed by atoms with Crippen molar-refractivity contribution in [2.75, 3.05) is 0 Å². The molecule has 6 heteroatoms. The Bertz CT molecular complexity index is 682. The van der Waals surface area contributed by atoms with E-state index in [0.717, 1.165) is 16.3 Å². The van der Waals surface area contributed by atoms with E-state index in [4.69, 9.17) is 5.11 Å². The quantitative estimate of drug-likeness (QED) is 0.857. The number of carboxylic acid groups (broad SMARTS) is 1. The van der Waals surface area contributed by atoms with E-state index in [1.807, 2.05) is 24.4 Å². The van der Waals surface area contributed by atoms with E-state index < -0.39 is 5.97 Å². The van der Waals surface area contributed by atoms with Gasteiger partial charge in [-0.1, -0.05) is 12.1 Å². The van der Waals surface area contributed by atoms with Crippen LogP contribution in [0.1, 0.15) is 35.1 Å². The molecule has 0 fully saturated rings. The summed E-state index contributed by atoms with van der Waals surface area (Å²) in [5.41, 5.74) is 2.30. The molecule has 0 aliphatic carbocycles. The molecule has 1 amide bonds. The number of carbonyl (C=O) groups excluding carboxylic acids is 1. The van der Waals surface area contributed by atoms with E-state index in [1.54, 1.807) is 30.4 Å². The van der Waals surface area contributed by atoms with E-state index in [0.29, 0.717) is 12.0 Å². The number of aromatic nitrogens is 1. The fraction of sp³-hybridized carbons (Fsp3) is 0.312. The van der Waals surface area contributed by atoms with Crippen molar-refractivity contribution in [3.63, 3.8) is 0 Å². The molecule has 1 aromatic heterocycles. The zero-order valence-electron chi connectivity index (χ0n) is 12.5. The molecular weight excluding hydrogens is 300 g/mol. The summed E-state index contributed by atoms with van der Waals surface area (Å²) in [5, 5.41) is 14.4. The molecule has 0 spiro atoms. The van der Waals surface area contributed by atoms with Gasteiger partial charge in [-0.2, -0.15) is 0 Å². The Morgan fingerprint density at radius 1 is 1.41 bits per heavy atom. The number of thiazole rings is 1. The fourth-order valence-corrected chi connectivity index (χ4v) is 2.66. The van der Waals surface area contributed by atoms with Gasteiger partial charge in [0.15, 0.2) is 0 Å². The molecule has 116 valence electrons. The highest BCUT2D eigenvalue weighted by atomic mass is 32.1. The minimum Gasteiger partial charge on any atom is -0.481 e. The predicted molar refractivity (Wildman–Crippen MR) is 86.1 cm³/mol. The van der Waals surface area contributed by atoms with Gasteiger partial charge in [0.05, 0.1) is 10.7 Å². The second kappa shape index (κ2) is 7.17. The van der Waals surface area contributed by atoms with Crippen LogP contribution < -0.4 is 5.32 Å². The number of hydrogen-bond donors (Lipinski definition) is 2. The van der Waals surface area contributed by atoms with Crippen molar-refractivity contribution in [3.8, 4) is 11.3 Å². The number of amides is 1. The molecule has 2 rings (SSSR count). The topological polar surface area (TPSA) is 79.3 Å². The smallest absolute Gasteiger partial charge is 0.303 e. The number of aliphatic carboxylic acids is 1. The fourth-order valence-electron chi connectivity index (χ4n) is 2.04. The number of carboxylic acids is 1. The van der Waals surface area contributed by atoms with Crippen LogP contribution in [0.3, 0.4) is 0 Å². The molecule has 1 atom stereocenters. The van der Waals surface area contributed by atoms with E-state index in [2.05, 4.69) is 10.3 Å². The molecule has 2 aromatic rings. The zero-order valence-corrected chi connectivity index (χ0v) is 13.3. The van der Waals surface area contributed by atoms with Crippen LogP contribution in [-0.2, 0) is 4.79 Å². The number of carbonyl (C=O) groups is 2. The van der Waals surface area contributed by atoms with Gasteiger partial charge in [-0.3, -0.25) is 9.59 Å². The van der Waals surface area contributed by atoms with E-state index in [9.17, 15) is 9.59 Å². The van der Waals surface area contributed by atoms with Crippen LogP contribution in [0.4, 0.5) is 0 Å². The van der Waals surface area contributed by atoms with Crippen molar-refractivity contribution in [3.05, 3.63) is 40.2 Å². The Morgan fingerprint density at radius 2 is 2.18 bits per heavy atom. The van der Waals surface area contributed by atoms with Crippen LogP contribution in [0, 0.1) is 6.92 Å². The van der Waals surface area contributed by atoms with Gasteiger partial charge in [-0.05, 0) is 32.4 Å². The van der Waals surface area contributed by atoms with Crippen LogP contribution in [0.15, 0.2) is 29.6 Å². The van der Waals surface area contributed by atoms with Gasteiger partial charge < -0.3 is 10.4 Å². The standard InChI is InChI=1S/C16H18N2O3S/c1-10(6-7-15(19)20)17-16(21)13-5-3-4-12(8-13)14-9-22-11(2)18-14/h3-5,8-10H,6-7H2,1-2H3,(H,17,21)(H,19,20). The van der Waals surface area contributed by atoms with Gasteiger partial charge in [0.25, 0.3) is 5.91 Å². The molecule has 0 aliphatic heterocycles. The number of benzene rings is 1. The van der Waals surface area contributed by atoms with Crippen molar-refractivity contribution >= 4 is 23.2 Å². The summed E-state index contributed by atoms with van der Waals surface area (Å²) in [5.74, 6) is -1.06. The summed E-state index contributed by atoms with van der Waals surface area (Å²) in [6.07, 6.45) is 0.450. The zero-order chi connectivity index (χ0) is 16.1. The molecule has 0 bridgehead atoms. The predicted octanol–water partition coefficient (Wildman–Crippen LogP) is 3.10. The Morgan fingerprint density at radius 3 is 2.82 bits per heavy atom. The van der Waals surface area contributed by atoms with Crippen LogP contribution >= 0.6 is 11.3 Å². The molecule has 5 nitrogen and oxygen atoms in total. The maximum absolute atomic E-state index is 12.2. The lowest BCUT2D eigenvalue weighted by Gasteiger charge is -2.13. The van der Waals surface area contributed by atoms with Gasteiger partial charge in [0, 0.05) is 29.0 Å². The first kappa shape index (κ1) is 16.2. The number of hydrogen-bond acceptors (Lipinski definition) is 4. The van der Waals surface area contributed by atoms with Crippen LogP contribution in [-0.4, -0.2) is 28.0 Å². The Labute approximate surface area is 133 Å². The summed E-state index contributed by atoms with van der Waals surface area (Å²) in [6.45, 7) is 3.74. The minimum absolute atomic E-state index is 0.0413. The maximum atomic E-state index is 12.2. The van der Waals surface area contributed by atoms with E-state index in [1.165, 1.54) is 0 Å². The van der Waals surface area contributed by atoms with Gasteiger partial charge in [-0.15, -0.1) is 11.3 Å². The lowest BCUT2D eigenvalue weighted by Crippen LogP contribution is -2.32. The average Bonchev–Trinajstić information content (AvgIpc) is 2.92. The Balaban J connectivity index is 2.05. The van der Waals surface area contributed by atoms with E-state index in [-0.39, 0.29) is 18.4 Å². The van der Waals surface area contributed by atoms with Crippen molar-refractivity contribution in [2.45, 2.75) is 32.7 Å². The number of rotatable bonds is 6. The lowest BCUT2D eigenvalue weighted by molar-refractivity contribution is -0.137. The summed E-state index contributed by atoms with van der Waals surface area (Å²) < 4.78 is 0. The molecule has 1 aromatic carbocycles. The molecule has 1 unspecified atom stereocenters. The number of aryl methyl sites for hydroxylation is 1. The van der Waals surface area contributed by atoms with Crippen molar-refractivity contribution in [1.82, 2.24) is 10.3 Å². The minimum atomic E-state index is -0.859. The SMILES string of the molecule is Cc1nc(-c2cccc(C(=O)NC(C)CCC(=O)O)c2)cs1. The Kier molecular flexibility index (Phi) is 5.27. The largest absolute Gasteiger partial charge is 0.481 e. The van der Waals surface area contributed by atoms with Gasteiger partial charge in [-0.25, -0.2) is 4.98 Å². The molecule has 22 heavy (non-hydrogen) atoms. The normalized spacial score (nSPS) is 11.9. The highest BCUT2D eigenvalue weighted by molar-refractivity contribution is 7.09. The van der Waals surface area contributed by atoms with Crippen molar-refractivity contribution < 1.29 is 14.7 Å². The van der Waals surface area contributed by atoms with Crippen molar-refractivity contribution in [1.29, 1.82) is 0 Å².